The monoisotopic (exact) mass is 385 g/mol. The van der Waals surface area contributed by atoms with Gasteiger partial charge in [0, 0.05) is 37.9 Å². The lowest BCUT2D eigenvalue weighted by Gasteiger charge is -2.35. The number of fused-ring (bicyclic) bond motifs is 3. The van der Waals surface area contributed by atoms with E-state index in [0.717, 1.165) is 12.1 Å². The van der Waals surface area contributed by atoms with Crippen molar-refractivity contribution in [3.8, 4) is 11.1 Å². The maximum Gasteiger partial charge on any atom is 0.410 e. The molecule has 3 aromatic rings. The van der Waals surface area contributed by atoms with Crippen LogP contribution >= 0.6 is 0 Å². The number of carbonyl (C=O) groups is 1. The zero-order valence-corrected chi connectivity index (χ0v) is 16.1. The van der Waals surface area contributed by atoms with Gasteiger partial charge in [0.05, 0.1) is 6.04 Å². The topological polar surface area (TPSA) is 54.5 Å². The lowest BCUT2D eigenvalue weighted by molar-refractivity contribution is 0.0752. The number of hydrogen-bond acceptors (Lipinski definition) is 4. The number of nitrogens with one attached hydrogen (secondary N) is 1. The van der Waals surface area contributed by atoms with Crippen LogP contribution in [0.25, 0.3) is 11.1 Å². The van der Waals surface area contributed by atoms with Crippen LogP contribution in [-0.2, 0) is 4.74 Å². The molecule has 1 amide bonds. The van der Waals surface area contributed by atoms with E-state index in [-0.39, 0.29) is 18.1 Å². The number of pyridine rings is 1. The molecule has 29 heavy (non-hydrogen) atoms. The van der Waals surface area contributed by atoms with Crippen LogP contribution in [0, 0.1) is 0 Å². The summed E-state index contributed by atoms with van der Waals surface area (Å²) in [4.78, 5) is 18.9. The molecule has 5 heteroatoms. The van der Waals surface area contributed by atoms with Gasteiger partial charge >= 0.3 is 6.09 Å². The largest absolute Gasteiger partial charge is 0.448 e. The quantitative estimate of drug-likeness (QED) is 0.741. The van der Waals surface area contributed by atoms with E-state index in [1.165, 1.54) is 22.3 Å². The fraction of sp³-hybridized carbons (Fsp3) is 0.250. The minimum atomic E-state index is -0.254. The average Bonchev–Trinajstić information content (AvgIpc) is 3.12. The highest BCUT2D eigenvalue weighted by Crippen LogP contribution is 2.44. The number of carbonyl (C=O) groups excluding carboxylic acids is 1. The third-order valence-electron chi connectivity index (χ3n) is 5.90. The molecule has 2 aromatic carbocycles. The van der Waals surface area contributed by atoms with Gasteiger partial charge in [0.25, 0.3) is 0 Å². The lowest BCUT2D eigenvalue weighted by Crippen LogP contribution is -2.49. The normalized spacial score (nSPS) is 18.2. The Labute approximate surface area is 170 Å². The van der Waals surface area contributed by atoms with E-state index < -0.39 is 0 Å². The first-order valence-electron chi connectivity index (χ1n) is 10.0. The molecule has 0 saturated carbocycles. The second-order valence-corrected chi connectivity index (χ2v) is 7.50. The average molecular weight is 385 g/mol. The van der Waals surface area contributed by atoms with Crippen molar-refractivity contribution in [3.05, 3.63) is 89.7 Å². The van der Waals surface area contributed by atoms with Crippen LogP contribution in [0.3, 0.4) is 0 Å². The van der Waals surface area contributed by atoms with E-state index >= 15 is 0 Å². The summed E-state index contributed by atoms with van der Waals surface area (Å²) in [5, 5.41) is 3.37. The molecule has 1 aromatic heterocycles. The third kappa shape index (κ3) is 3.28. The Balaban J connectivity index is 1.35. The summed E-state index contributed by atoms with van der Waals surface area (Å²) in [5.74, 6) is 0.0774. The molecule has 5 rings (SSSR count). The summed E-state index contributed by atoms with van der Waals surface area (Å²) >= 11 is 0. The molecule has 1 unspecified atom stereocenters. The molecule has 146 valence electrons. The fourth-order valence-corrected chi connectivity index (χ4v) is 4.48. The van der Waals surface area contributed by atoms with Crippen molar-refractivity contribution in [1.29, 1.82) is 0 Å². The smallest absolute Gasteiger partial charge is 0.410 e. The zero-order valence-electron chi connectivity index (χ0n) is 16.1. The molecule has 2 heterocycles. The molecule has 1 fully saturated rings. The Morgan fingerprint density at radius 2 is 1.66 bits per heavy atom. The predicted octanol–water partition coefficient (Wildman–Crippen LogP) is 3.98. The van der Waals surface area contributed by atoms with Gasteiger partial charge in [-0.2, -0.15) is 0 Å². The Hall–Kier alpha value is -3.18. The van der Waals surface area contributed by atoms with Crippen LogP contribution in [0.5, 0.6) is 0 Å². The molecular formula is C24H23N3O2. The fourth-order valence-electron chi connectivity index (χ4n) is 4.48. The van der Waals surface area contributed by atoms with Crippen LogP contribution in [0.15, 0.2) is 73.1 Å². The minimum absolute atomic E-state index is 0.0394. The van der Waals surface area contributed by atoms with Crippen molar-refractivity contribution >= 4 is 6.09 Å². The highest BCUT2D eigenvalue weighted by Gasteiger charge is 2.32. The summed E-state index contributed by atoms with van der Waals surface area (Å²) in [6.07, 6.45) is 3.27. The standard InChI is InChI=1S/C24H23N3O2/c28-24(27-14-13-26-15-23(27)17-9-11-25-12-10-17)29-16-22-20-7-3-1-5-18(20)19-6-2-4-8-21(19)22/h1-12,22-23,26H,13-16H2. The number of piperazine rings is 1. The van der Waals surface area contributed by atoms with Gasteiger partial charge in [-0.1, -0.05) is 48.5 Å². The van der Waals surface area contributed by atoms with Gasteiger partial charge in [-0.25, -0.2) is 4.79 Å². The molecule has 0 bridgehead atoms. The van der Waals surface area contributed by atoms with Gasteiger partial charge in [0.15, 0.2) is 0 Å². The Morgan fingerprint density at radius 1 is 1.00 bits per heavy atom. The Kier molecular flexibility index (Phi) is 4.74. The van der Waals surface area contributed by atoms with Crippen LogP contribution < -0.4 is 5.32 Å². The van der Waals surface area contributed by atoms with Crippen molar-refractivity contribution in [2.75, 3.05) is 26.2 Å². The number of aromatic nitrogens is 1. The number of benzene rings is 2. The summed E-state index contributed by atoms with van der Waals surface area (Å²) in [6.45, 7) is 2.46. The van der Waals surface area contributed by atoms with Crippen molar-refractivity contribution in [1.82, 2.24) is 15.2 Å². The van der Waals surface area contributed by atoms with Crippen molar-refractivity contribution < 1.29 is 9.53 Å². The van der Waals surface area contributed by atoms with Gasteiger partial charge in [-0.15, -0.1) is 0 Å². The molecule has 2 aliphatic rings. The van der Waals surface area contributed by atoms with Gasteiger partial charge in [-0.3, -0.25) is 9.88 Å². The number of hydrogen-bond donors (Lipinski definition) is 1. The van der Waals surface area contributed by atoms with Gasteiger partial charge in [0.2, 0.25) is 0 Å². The van der Waals surface area contributed by atoms with Crippen molar-refractivity contribution in [3.63, 3.8) is 0 Å². The SMILES string of the molecule is O=C(OCC1c2ccccc2-c2ccccc21)N1CCNCC1c1ccncc1. The second kappa shape index (κ2) is 7.68. The second-order valence-electron chi connectivity index (χ2n) is 7.50. The van der Waals surface area contributed by atoms with Crippen molar-refractivity contribution in [2.24, 2.45) is 0 Å². The number of rotatable bonds is 3. The molecule has 0 spiro atoms. The minimum Gasteiger partial charge on any atom is -0.448 e. The maximum atomic E-state index is 13.0. The first kappa shape index (κ1) is 17.9. The highest BCUT2D eigenvalue weighted by molar-refractivity contribution is 5.79. The predicted molar refractivity (Wildman–Crippen MR) is 112 cm³/mol. The summed E-state index contributed by atoms with van der Waals surface area (Å²) in [5.41, 5.74) is 6.00. The van der Waals surface area contributed by atoms with Gasteiger partial charge in [0.1, 0.15) is 6.61 Å². The van der Waals surface area contributed by atoms with E-state index in [9.17, 15) is 4.79 Å². The summed E-state index contributed by atoms with van der Waals surface area (Å²) in [7, 11) is 0. The van der Waals surface area contributed by atoms with Crippen LogP contribution in [-0.4, -0.2) is 42.2 Å². The number of amides is 1. The van der Waals surface area contributed by atoms with Gasteiger partial charge in [-0.05, 0) is 39.9 Å². The summed E-state index contributed by atoms with van der Waals surface area (Å²) in [6, 6.07) is 20.7. The van der Waals surface area contributed by atoms with Crippen molar-refractivity contribution in [2.45, 2.75) is 12.0 Å². The van der Waals surface area contributed by atoms with E-state index in [1.54, 1.807) is 12.4 Å². The van der Waals surface area contributed by atoms with Gasteiger partial charge < -0.3 is 10.1 Å². The molecule has 1 aliphatic carbocycles. The molecule has 5 nitrogen and oxygen atoms in total. The Morgan fingerprint density at radius 3 is 2.34 bits per heavy atom. The number of nitrogens with zero attached hydrogens (tertiary/aromatic N) is 2. The Bertz CT molecular complexity index is 976. The molecule has 1 N–H and O–H groups in total. The first-order chi connectivity index (χ1) is 14.3. The van der Waals surface area contributed by atoms with Crippen LogP contribution in [0.2, 0.25) is 0 Å². The molecule has 1 saturated heterocycles. The number of ether oxygens (including phenoxy) is 1. The molecule has 1 atom stereocenters. The molecule has 0 radical (unpaired) electrons. The van der Waals surface area contributed by atoms with Crippen LogP contribution in [0.4, 0.5) is 4.79 Å². The summed E-state index contributed by atoms with van der Waals surface area (Å²) < 4.78 is 5.87. The van der Waals surface area contributed by atoms with E-state index in [0.29, 0.717) is 19.7 Å². The highest BCUT2D eigenvalue weighted by atomic mass is 16.6. The maximum absolute atomic E-state index is 13.0. The lowest BCUT2D eigenvalue weighted by atomic mass is 9.98. The van der Waals surface area contributed by atoms with E-state index in [4.69, 9.17) is 4.74 Å². The third-order valence-corrected chi connectivity index (χ3v) is 5.90. The van der Waals surface area contributed by atoms with E-state index in [2.05, 4.69) is 58.8 Å². The first-order valence-corrected chi connectivity index (χ1v) is 10.0. The molecule has 1 aliphatic heterocycles. The molecular weight excluding hydrogens is 362 g/mol. The van der Waals surface area contributed by atoms with E-state index in [1.807, 2.05) is 17.0 Å². The zero-order chi connectivity index (χ0) is 19.6. The van der Waals surface area contributed by atoms with Crippen LogP contribution in [0.1, 0.15) is 28.7 Å².